The smallest absolute Gasteiger partial charge is 0.136 e. The summed E-state index contributed by atoms with van der Waals surface area (Å²) in [6.07, 6.45) is 2.75. The third kappa shape index (κ3) is 2.70. The van der Waals surface area contributed by atoms with Gasteiger partial charge in [-0.25, -0.2) is 9.97 Å². The maximum absolute atomic E-state index is 10.5. The van der Waals surface area contributed by atoms with Gasteiger partial charge in [0.25, 0.3) is 0 Å². The summed E-state index contributed by atoms with van der Waals surface area (Å²) in [7, 11) is 1.90. The molecule has 1 fully saturated rings. The van der Waals surface area contributed by atoms with Crippen molar-refractivity contribution >= 4 is 11.6 Å². The first-order chi connectivity index (χ1) is 8.52. The summed E-state index contributed by atoms with van der Waals surface area (Å²) < 4.78 is 5.27. The van der Waals surface area contributed by atoms with Crippen LogP contribution in [0.1, 0.15) is 18.4 Å². The normalized spacial score (nSPS) is 18.6. The lowest BCUT2D eigenvalue weighted by molar-refractivity contribution is -0.0573. The third-order valence-electron chi connectivity index (χ3n) is 3.41. The van der Waals surface area contributed by atoms with E-state index in [9.17, 15) is 5.11 Å². The Hall–Kier alpha value is -1.40. The van der Waals surface area contributed by atoms with Gasteiger partial charge in [-0.2, -0.15) is 0 Å². The molecule has 0 aliphatic carbocycles. The summed E-state index contributed by atoms with van der Waals surface area (Å²) >= 11 is 0. The van der Waals surface area contributed by atoms with E-state index < -0.39 is 5.60 Å². The van der Waals surface area contributed by atoms with Crippen molar-refractivity contribution in [2.24, 2.45) is 0 Å². The Morgan fingerprint density at radius 3 is 2.78 bits per heavy atom. The first-order valence-corrected chi connectivity index (χ1v) is 6.10. The first kappa shape index (κ1) is 13.0. The van der Waals surface area contributed by atoms with Gasteiger partial charge in [0, 0.05) is 45.2 Å². The second-order valence-electron chi connectivity index (χ2n) is 4.90. The second-order valence-corrected chi connectivity index (χ2v) is 4.90. The van der Waals surface area contributed by atoms with E-state index >= 15 is 0 Å². The van der Waals surface area contributed by atoms with Gasteiger partial charge in [-0.1, -0.05) is 0 Å². The van der Waals surface area contributed by atoms with E-state index in [-0.39, 0.29) is 0 Å². The molecular weight excluding hydrogens is 232 g/mol. The molecule has 0 bridgehead atoms. The van der Waals surface area contributed by atoms with Gasteiger partial charge in [-0.15, -0.1) is 0 Å². The van der Waals surface area contributed by atoms with E-state index in [0.717, 1.165) is 11.4 Å². The highest BCUT2D eigenvalue weighted by molar-refractivity contribution is 5.55. The van der Waals surface area contributed by atoms with Crippen LogP contribution in [0.2, 0.25) is 0 Å². The van der Waals surface area contributed by atoms with Gasteiger partial charge in [0.1, 0.15) is 18.0 Å². The van der Waals surface area contributed by atoms with Crippen LogP contribution in [0.4, 0.5) is 11.6 Å². The van der Waals surface area contributed by atoms with Crippen LogP contribution in [-0.4, -0.2) is 47.5 Å². The SMILES string of the molecule is Cc1c(N)ncnc1N(C)CC1(O)CCOCC1. The number of ether oxygens (including phenoxy) is 1. The van der Waals surface area contributed by atoms with Gasteiger partial charge in [0.05, 0.1) is 5.60 Å². The molecule has 1 aromatic rings. The molecule has 0 radical (unpaired) electrons. The van der Waals surface area contributed by atoms with Crippen molar-refractivity contribution in [2.75, 3.05) is 37.4 Å². The number of likely N-dealkylation sites (N-methyl/N-ethyl adjacent to an activating group) is 1. The van der Waals surface area contributed by atoms with E-state index in [4.69, 9.17) is 10.5 Å². The van der Waals surface area contributed by atoms with Gasteiger partial charge in [-0.05, 0) is 6.92 Å². The number of hydrogen-bond acceptors (Lipinski definition) is 6. The highest BCUT2D eigenvalue weighted by Gasteiger charge is 2.31. The predicted octanol–water partition coefficient (Wildman–Crippen LogP) is 0.345. The number of hydrogen-bond donors (Lipinski definition) is 2. The Kier molecular flexibility index (Phi) is 3.68. The van der Waals surface area contributed by atoms with Crippen molar-refractivity contribution in [3.63, 3.8) is 0 Å². The molecule has 1 aromatic heterocycles. The molecule has 0 atom stereocenters. The van der Waals surface area contributed by atoms with E-state index in [2.05, 4.69) is 9.97 Å². The average Bonchev–Trinajstić information content (AvgIpc) is 2.33. The van der Waals surface area contributed by atoms with Crippen LogP contribution >= 0.6 is 0 Å². The quantitative estimate of drug-likeness (QED) is 0.807. The van der Waals surface area contributed by atoms with Crippen LogP contribution in [0.25, 0.3) is 0 Å². The van der Waals surface area contributed by atoms with Crippen molar-refractivity contribution in [2.45, 2.75) is 25.4 Å². The van der Waals surface area contributed by atoms with Crippen molar-refractivity contribution in [1.29, 1.82) is 0 Å². The molecule has 0 unspecified atom stereocenters. The Bertz CT molecular complexity index is 419. The molecular formula is C12H20N4O2. The summed E-state index contributed by atoms with van der Waals surface area (Å²) in [6.45, 7) is 3.62. The molecule has 1 saturated heterocycles. The zero-order chi connectivity index (χ0) is 13.2. The maximum atomic E-state index is 10.5. The molecule has 1 aliphatic heterocycles. The minimum Gasteiger partial charge on any atom is -0.388 e. The molecule has 1 aliphatic rings. The number of anilines is 2. The molecule has 0 amide bonds. The molecule has 6 heteroatoms. The fourth-order valence-electron chi connectivity index (χ4n) is 2.26. The largest absolute Gasteiger partial charge is 0.388 e. The molecule has 0 aromatic carbocycles. The topological polar surface area (TPSA) is 84.5 Å². The zero-order valence-corrected chi connectivity index (χ0v) is 10.9. The van der Waals surface area contributed by atoms with Crippen molar-refractivity contribution in [3.05, 3.63) is 11.9 Å². The highest BCUT2D eigenvalue weighted by Crippen LogP contribution is 2.25. The number of nitrogens with zero attached hydrogens (tertiary/aromatic N) is 3. The van der Waals surface area contributed by atoms with Crippen molar-refractivity contribution in [1.82, 2.24) is 9.97 Å². The Morgan fingerprint density at radius 1 is 1.44 bits per heavy atom. The lowest BCUT2D eigenvalue weighted by Gasteiger charge is -2.36. The van der Waals surface area contributed by atoms with Gasteiger partial charge >= 0.3 is 0 Å². The molecule has 2 rings (SSSR count). The molecule has 2 heterocycles. The predicted molar refractivity (Wildman–Crippen MR) is 69.5 cm³/mol. The summed E-state index contributed by atoms with van der Waals surface area (Å²) in [5.41, 5.74) is 5.90. The Morgan fingerprint density at radius 2 is 2.11 bits per heavy atom. The summed E-state index contributed by atoms with van der Waals surface area (Å²) in [5.74, 6) is 1.24. The Labute approximate surface area is 107 Å². The molecule has 100 valence electrons. The van der Waals surface area contributed by atoms with E-state index in [0.29, 0.717) is 38.4 Å². The first-order valence-electron chi connectivity index (χ1n) is 6.10. The van der Waals surface area contributed by atoms with E-state index in [1.165, 1.54) is 6.33 Å². The summed E-state index contributed by atoms with van der Waals surface area (Å²) in [6, 6.07) is 0. The van der Waals surface area contributed by atoms with E-state index in [1.807, 2.05) is 18.9 Å². The fourth-order valence-corrected chi connectivity index (χ4v) is 2.26. The van der Waals surface area contributed by atoms with Crippen LogP contribution in [0.5, 0.6) is 0 Å². The van der Waals surface area contributed by atoms with Crippen LogP contribution in [0.15, 0.2) is 6.33 Å². The number of rotatable bonds is 3. The number of nitrogens with two attached hydrogens (primary N) is 1. The highest BCUT2D eigenvalue weighted by atomic mass is 16.5. The monoisotopic (exact) mass is 252 g/mol. The van der Waals surface area contributed by atoms with Crippen LogP contribution in [-0.2, 0) is 4.74 Å². The van der Waals surface area contributed by atoms with Crippen molar-refractivity contribution < 1.29 is 9.84 Å². The van der Waals surface area contributed by atoms with Gasteiger partial charge in [0.15, 0.2) is 0 Å². The zero-order valence-electron chi connectivity index (χ0n) is 10.9. The van der Waals surface area contributed by atoms with Crippen molar-refractivity contribution in [3.8, 4) is 0 Å². The van der Waals surface area contributed by atoms with Crippen LogP contribution in [0.3, 0.4) is 0 Å². The number of nitrogen functional groups attached to an aromatic ring is 1. The van der Waals surface area contributed by atoms with Crippen LogP contribution < -0.4 is 10.6 Å². The van der Waals surface area contributed by atoms with Gasteiger partial charge in [0.2, 0.25) is 0 Å². The lowest BCUT2D eigenvalue weighted by Crippen LogP contribution is -2.46. The molecule has 0 saturated carbocycles. The third-order valence-corrected chi connectivity index (χ3v) is 3.41. The number of aromatic nitrogens is 2. The van der Waals surface area contributed by atoms with E-state index in [1.54, 1.807) is 0 Å². The second kappa shape index (κ2) is 5.07. The molecule has 0 spiro atoms. The average molecular weight is 252 g/mol. The minimum absolute atomic E-state index is 0.478. The number of aliphatic hydroxyl groups is 1. The maximum Gasteiger partial charge on any atom is 0.136 e. The fraction of sp³-hybridized carbons (Fsp3) is 0.667. The lowest BCUT2D eigenvalue weighted by atomic mass is 9.94. The van der Waals surface area contributed by atoms with Crippen LogP contribution in [0, 0.1) is 6.92 Å². The molecule has 3 N–H and O–H groups in total. The van der Waals surface area contributed by atoms with Gasteiger partial charge < -0.3 is 20.5 Å². The standard InChI is InChI=1S/C12H20N4O2/c1-9-10(13)14-8-15-11(9)16(2)7-12(17)3-5-18-6-4-12/h8,17H,3-7H2,1-2H3,(H2,13,14,15). The molecule has 18 heavy (non-hydrogen) atoms. The summed E-state index contributed by atoms with van der Waals surface area (Å²) in [4.78, 5) is 10.1. The Balaban J connectivity index is 2.11. The molecule has 6 nitrogen and oxygen atoms in total. The van der Waals surface area contributed by atoms with Gasteiger partial charge in [-0.3, -0.25) is 0 Å². The minimum atomic E-state index is -0.709. The summed E-state index contributed by atoms with van der Waals surface area (Å²) in [5, 5.41) is 10.5.